The van der Waals surface area contributed by atoms with Crippen molar-refractivity contribution < 1.29 is 19.1 Å². The van der Waals surface area contributed by atoms with E-state index in [0.29, 0.717) is 17.9 Å². The second-order valence-electron chi connectivity index (χ2n) is 5.92. The summed E-state index contributed by atoms with van der Waals surface area (Å²) < 4.78 is 11.3. The number of para-hydroxylation sites is 2. The van der Waals surface area contributed by atoms with Crippen LogP contribution in [-0.4, -0.2) is 28.7 Å². The Hall–Kier alpha value is -3.02. The van der Waals surface area contributed by atoms with Crippen LogP contribution in [0.4, 0.5) is 10.5 Å². The molecule has 0 aliphatic carbocycles. The Morgan fingerprint density at radius 2 is 1.68 bits per heavy atom. The van der Waals surface area contributed by atoms with E-state index in [4.69, 9.17) is 9.47 Å². The Kier molecular flexibility index (Phi) is 4.61. The molecule has 1 aliphatic heterocycles. The fraction of sp³-hybridized carbons (Fsp3) is 0.263. The number of carbonyl (C=O) groups is 2. The topological polar surface area (TPSA) is 67.9 Å². The van der Waals surface area contributed by atoms with Crippen molar-refractivity contribution in [2.45, 2.75) is 32.0 Å². The molecule has 1 aliphatic rings. The first-order valence-corrected chi connectivity index (χ1v) is 8.15. The fourth-order valence-corrected chi connectivity index (χ4v) is 2.77. The largest absolute Gasteiger partial charge is 0.486 e. The van der Waals surface area contributed by atoms with Gasteiger partial charge in [-0.1, -0.05) is 43.3 Å². The number of ether oxygens (including phenoxy) is 2. The van der Waals surface area contributed by atoms with Gasteiger partial charge in [-0.25, -0.2) is 4.79 Å². The molecule has 0 spiro atoms. The number of nitrogens with zero attached hydrogens (tertiary/aromatic N) is 1. The third kappa shape index (κ3) is 3.28. The average molecular weight is 340 g/mol. The maximum absolute atomic E-state index is 12.9. The van der Waals surface area contributed by atoms with Crippen molar-refractivity contribution in [1.82, 2.24) is 5.01 Å². The second kappa shape index (κ2) is 6.84. The summed E-state index contributed by atoms with van der Waals surface area (Å²) in [6.45, 7) is 3.46. The van der Waals surface area contributed by atoms with Crippen LogP contribution in [0.25, 0.3) is 0 Å². The summed E-state index contributed by atoms with van der Waals surface area (Å²) in [6, 6.07) is 18.1. The van der Waals surface area contributed by atoms with Crippen molar-refractivity contribution >= 4 is 17.7 Å². The zero-order valence-electron chi connectivity index (χ0n) is 14.1. The summed E-state index contributed by atoms with van der Waals surface area (Å²) in [4.78, 5) is 25.1. The molecule has 1 saturated heterocycles. The molecule has 2 aromatic carbocycles. The minimum Gasteiger partial charge on any atom is -0.486 e. The van der Waals surface area contributed by atoms with Crippen LogP contribution in [0.3, 0.4) is 0 Å². The number of amides is 2. The molecule has 3 rings (SSSR count). The van der Waals surface area contributed by atoms with E-state index in [2.05, 4.69) is 5.43 Å². The first-order valence-electron chi connectivity index (χ1n) is 8.15. The van der Waals surface area contributed by atoms with Crippen molar-refractivity contribution in [2.75, 3.05) is 5.43 Å². The predicted octanol–water partition coefficient (Wildman–Crippen LogP) is 3.61. The summed E-state index contributed by atoms with van der Waals surface area (Å²) in [5.41, 5.74) is 2.01. The average Bonchev–Trinajstić information content (AvgIpc) is 2.85. The van der Waals surface area contributed by atoms with Crippen molar-refractivity contribution in [3.8, 4) is 5.75 Å². The molecule has 2 unspecified atom stereocenters. The molecular formula is C19H20N2O4. The minimum absolute atomic E-state index is 0.482. The maximum atomic E-state index is 12.9. The number of cyclic esters (lactones) is 1. The summed E-state index contributed by atoms with van der Waals surface area (Å²) in [6.07, 6.45) is -0.843. The molecule has 2 aromatic rings. The molecule has 0 saturated carbocycles. The van der Waals surface area contributed by atoms with E-state index in [1.807, 2.05) is 31.2 Å². The highest BCUT2D eigenvalue weighted by Crippen LogP contribution is 2.32. The van der Waals surface area contributed by atoms with Crippen LogP contribution in [0.15, 0.2) is 60.7 Å². The van der Waals surface area contributed by atoms with Crippen LogP contribution >= 0.6 is 0 Å². The molecule has 1 N–H and O–H groups in total. The summed E-state index contributed by atoms with van der Waals surface area (Å²) >= 11 is 0. The lowest BCUT2D eigenvalue weighted by molar-refractivity contribution is -0.142. The van der Waals surface area contributed by atoms with Gasteiger partial charge in [-0.3, -0.25) is 10.2 Å². The molecule has 25 heavy (non-hydrogen) atoms. The van der Waals surface area contributed by atoms with Crippen LogP contribution in [0, 0.1) is 0 Å². The highest BCUT2D eigenvalue weighted by Gasteiger charge is 2.56. The van der Waals surface area contributed by atoms with E-state index in [1.54, 1.807) is 43.3 Å². The summed E-state index contributed by atoms with van der Waals surface area (Å²) in [7, 11) is 0. The molecule has 1 heterocycles. The van der Waals surface area contributed by atoms with Crippen LogP contribution in [0.1, 0.15) is 20.3 Å². The lowest BCUT2D eigenvalue weighted by atomic mass is 9.96. The van der Waals surface area contributed by atoms with Gasteiger partial charge in [0.15, 0.2) is 0 Å². The number of imide groups is 1. The smallest absolute Gasteiger partial charge is 0.437 e. The van der Waals surface area contributed by atoms with Crippen molar-refractivity contribution in [3.63, 3.8) is 0 Å². The van der Waals surface area contributed by atoms with Gasteiger partial charge in [0, 0.05) is 0 Å². The van der Waals surface area contributed by atoms with E-state index < -0.39 is 23.7 Å². The first-order chi connectivity index (χ1) is 12.0. The lowest BCUT2D eigenvalue weighted by Crippen LogP contribution is -2.51. The van der Waals surface area contributed by atoms with E-state index >= 15 is 0 Å². The number of hydrazine groups is 1. The molecule has 1 fully saturated rings. The molecule has 0 aromatic heterocycles. The van der Waals surface area contributed by atoms with Gasteiger partial charge in [0.25, 0.3) is 5.91 Å². The Labute approximate surface area is 146 Å². The van der Waals surface area contributed by atoms with E-state index in [9.17, 15) is 9.59 Å². The van der Waals surface area contributed by atoms with Gasteiger partial charge in [0.2, 0.25) is 5.60 Å². The van der Waals surface area contributed by atoms with E-state index in [1.165, 1.54) is 0 Å². The zero-order valence-corrected chi connectivity index (χ0v) is 14.1. The van der Waals surface area contributed by atoms with Crippen LogP contribution < -0.4 is 10.2 Å². The lowest BCUT2D eigenvalue weighted by Gasteiger charge is -2.29. The molecule has 2 amide bonds. The highest BCUT2D eigenvalue weighted by molar-refractivity contribution is 6.04. The van der Waals surface area contributed by atoms with Gasteiger partial charge < -0.3 is 9.47 Å². The van der Waals surface area contributed by atoms with E-state index in [-0.39, 0.29) is 0 Å². The molecule has 2 atom stereocenters. The van der Waals surface area contributed by atoms with Crippen molar-refractivity contribution in [2.24, 2.45) is 0 Å². The SMILES string of the molecule is CCC(Oc1ccccc1)C1(C)OC(=O)N(Nc2ccccc2)C1=O. The molecule has 6 heteroatoms. The number of carbonyl (C=O) groups excluding carboxylic acids is 2. The van der Waals surface area contributed by atoms with Gasteiger partial charge in [0.1, 0.15) is 11.9 Å². The predicted molar refractivity (Wildman–Crippen MR) is 92.9 cm³/mol. The molecule has 0 radical (unpaired) electrons. The van der Waals surface area contributed by atoms with Gasteiger partial charge in [-0.05, 0) is 37.6 Å². The van der Waals surface area contributed by atoms with Gasteiger partial charge in [-0.2, -0.15) is 5.01 Å². The van der Waals surface area contributed by atoms with Crippen molar-refractivity contribution in [1.29, 1.82) is 0 Å². The van der Waals surface area contributed by atoms with Crippen LogP contribution in [-0.2, 0) is 9.53 Å². The third-order valence-corrected chi connectivity index (χ3v) is 4.13. The summed E-state index contributed by atoms with van der Waals surface area (Å²) in [5, 5.41) is 0.895. The quantitative estimate of drug-likeness (QED) is 0.870. The zero-order chi connectivity index (χ0) is 17.9. The number of anilines is 1. The summed E-state index contributed by atoms with van der Waals surface area (Å²) in [5.74, 6) is 0.137. The number of nitrogens with one attached hydrogen (secondary N) is 1. The number of hydrogen-bond donors (Lipinski definition) is 1. The minimum atomic E-state index is -1.40. The highest BCUT2D eigenvalue weighted by atomic mass is 16.6. The Balaban J connectivity index is 1.80. The van der Waals surface area contributed by atoms with Crippen molar-refractivity contribution in [3.05, 3.63) is 60.7 Å². The third-order valence-electron chi connectivity index (χ3n) is 4.13. The number of benzene rings is 2. The second-order valence-corrected chi connectivity index (χ2v) is 5.92. The maximum Gasteiger partial charge on any atom is 0.437 e. The molecule has 130 valence electrons. The molecule has 0 bridgehead atoms. The Bertz CT molecular complexity index is 751. The van der Waals surface area contributed by atoms with Gasteiger partial charge in [-0.15, -0.1) is 0 Å². The Morgan fingerprint density at radius 1 is 1.08 bits per heavy atom. The van der Waals surface area contributed by atoms with E-state index in [0.717, 1.165) is 5.01 Å². The monoisotopic (exact) mass is 340 g/mol. The molecule has 6 nitrogen and oxygen atoms in total. The normalized spacial score (nSPS) is 21.0. The first kappa shape index (κ1) is 16.8. The Morgan fingerprint density at radius 3 is 2.28 bits per heavy atom. The number of hydrogen-bond acceptors (Lipinski definition) is 5. The number of rotatable bonds is 6. The fourth-order valence-electron chi connectivity index (χ4n) is 2.77. The van der Waals surface area contributed by atoms with Crippen LogP contribution in [0.2, 0.25) is 0 Å². The van der Waals surface area contributed by atoms with Gasteiger partial charge in [0.05, 0.1) is 5.69 Å². The standard InChI is InChI=1S/C19H20N2O4/c1-3-16(24-15-12-8-5-9-13-15)19(2)17(22)21(18(23)25-19)20-14-10-6-4-7-11-14/h4-13,16,20H,3H2,1-2H3. The molecular weight excluding hydrogens is 320 g/mol. The van der Waals surface area contributed by atoms with Crippen LogP contribution in [0.5, 0.6) is 5.75 Å². The van der Waals surface area contributed by atoms with Gasteiger partial charge >= 0.3 is 6.09 Å².